The molecule has 1 unspecified atom stereocenters. The van der Waals surface area contributed by atoms with E-state index in [-0.39, 0.29) is 10.9 Å². The van der Waals surface area contributed by atoms with Gasteiger partial charge in [0.05, 0.1) is 17.3 Å². The van der Waals surface area contributed by atoms with Gasteiger partial charge in [0.25, 0.3) is 0 Å². The molecule has 0 aliphatic carbocycles. The smallest absolute Gasteiger partial charge is 0.142 e. The molecule has 1 N–H and O–H groups in total. The van der Waals surface area contributed by atoms with E-state index in [1.807, 2.05) is 33.0 Å². The zero-order chi connectivity index (χ0) is 31.2. The van der Waals surface area contributed by atoms with Gasteiger partial charge < -0.3 is 10.2 Å². The highest BCUT2D eigenvalue weighted by Gasteiger charge is 2.21. The molecular weight excluding hydrogens is 566 g/mol. The standard InChI is InChI=1S/C26H32Cl2FN3.C7H13N.C2H6/c1-6-19(21-15-30-32(16-21)22-9-11-31(5)12-10-22)14-20(17(2)3)13-18(4)25-23(27)7-8-24(29)26(25)28;1-2-7-3-5-8-6-4-7;1-2/h6-8,14-16,18,22H,1,9-13H2,2-5H3;2,7-8H,1,3-6H2;1-2H3/b19-14+;;. The van der Waals surface area contributed by atoms with Gasteiger partial charge in [0, 0.05) is 16.8 Å². The minimum absolute atomic E-state index is 0.0418. The molecule has 4 nitrogen and oxygen atoms in total. The van der Waals surface area contributed by atoms with E-state index in [1.165, 1.54) is 37.6 Å². The van der Waals surface area contributed by atoms with Crippen molar-refractivity contribution in [2.45, 2.75) is 78.7 Å². The maximum atomic E-state index is 14.0. The number of nitrogens with one attached hydrogen (secondary N) is 1. The molecular formula is C35H51Cl2FN4. The summed E-state index contributed by atoms with van der Waals surface area (Å²) >= 11 is 12.6. The van der Waals surface area contributed by atoms with Crippen molar-refractivity contribution < 1.29 is 4.39 Å². The number of nitrogens with zero attached hydrogens (tertiary/aromatic N) is 3. The molecule has 0 amide bonds. The van der Waals surface area contributed by atoms with Gasteiger partial charge in [0.15, 0.2) is 0 Å². The Bertz CT molecular complexity index is 1200. The van der Waals surface area contributed by atoms with Gasteiger partial charge in [-0.3, -0.25) is 4.68 Å². The molecule has 3 heterocycles. The largest absolute Gasteiger partial charge is 0.317 e. The average molecular weight is 618 g/mol. The molecule has 4 rings (SSSR count). The summed E-state index contributed by atoms with van der Waals surface area (Å²) in [6.45, 7) is 22.5. The van der Waals surface area contributed by atoms with Gasteiger partial charge in [0.2, 0.25) is 0 Å². The van der Waals surface area contributed by atoms with Gasteiger partial charge in [-0.05, 0) is 120 Å². The van der Waals surface area contributed by atoms with E-state index in [0.717, 1.165) is 48.6 Å². The van der Waals surface area contributed by atoms with Crippen molar-refractivity contribution in [3.05, 3.63) is 94.0 Å². The SMILES string of the molecule is C=C/C(=C\C(CC(C)c1c(Cl)ccc(F)c1Cl)=C(C)C)c1cnn(C2CCN(C)CC2)c1.C=CC1CCNCC1.CC. The highest BCUT2D eigenvalue weighted by molar-refractivity contribution is 6.36. The molecule has 0 radical (unpaired) electrons. The van der Waals surface area contributed by atoms with Crippen molar-refractivity contribution in [1.29, 1.82) is 0 Å². The maximum Gasteiger partial charge on any atom is 0.142 e. The number of aromatic nitrogens is 2. The minimum Gasteiger partial charge on any atom is -0.317 e. The van der Waals surface area contributed by atoms with Gasteiger partial charge in [-0.25, -0.2) is 4.39 Å². The van der Waals surface area contributed by atoms with Crippen LogP contribution in [-0.4, -0.2) is 47.9 Å². The van der Waals surface area contributed by atoms with Crippen LogP contribution in [-0.2, 0) is 0 Å². The van der Waals surface area contributed by atoms with Gasteiger partial charge in [-0.1, -0.05) is 74.4 Å². The number of benzene rings is 1. The van der Waals surface area contributed by atoms with Gasteiger partial charge in [-0.15, -0.1) is 6.58 Å². The lowest BCUT2D eigenvalue weighted by atomic mass is 9.90. The minimum atomic E-state index is -0.444. The molecule has 0 saturated carbocycles. The van der Waals surface area contributed by atoms with Crippen LogP contribution in [0.2, 0.25) is 10.0 Å². The van der Waals surface area contributed by atoms with Gasteiger partial charge in [-0.2, -0.15) is 5.10 Å². The second kappa shape index (κ2) is 18.5. The summed E-state index contributed by atoms with van der Waals surface area (Å²) in [5, 5.41) is 8.54. The van der Waals surface area contributed by atoms with E-state index in [0.29, 0.717) is 23.0 Å². The van der Waals surface area contributed by atoms with Crippen molar-refractivity contribution in [3.63, 3.8) is 0 Å². The van der Waals surface area contributed by atoms with E-state index < -0.39 is 5.82 Å². The second-order valence-corrected chi connectivity index (χ2v) is 12.0. The third-order valence-electron chi connectivity index (χ3n) is 8.00. The highest BCUT2D eigenvalue weighted by Crippen LogP contribution is 2.37. The monoisotopic (exact) mass is 616 g/mol. The predicted molar refractivity (Wildman–Crippen MR) is 181 cm³/mol. The fourth-order valence-electron chi connectivity index (χ4n) is 5.31. The Morgan fingerprint density at radius 3 is 2.31 bits per heavy atom. The second-order valence-electron chi connectivity index (χ2n) is 11.3. The number of likely N-dealkylation sites (tertiary alicyclic amines) is 1. The molecule has 1 aromatic carbocycles. The first-order chi connectivity index (χ1) is 20.1. The number of halogens is 3. The lowest BCUT2D eigenvalue weighted by Gasteiger charge is -2.28. The molecule has 1 atom stereocenters. The van der Waals surface area contributed by atoms with Crippen LogP contribution >= 0.6 is 23.2 Å². The van der Waals surface area contributed by atoms with E-state index >= 15 is 0 Å². The first-order valence-electron chi connectivity index (χ1n) is 15.3. The summed E-state index contributed by atoms with van der Waals surface area (Å²) in [4.78, 5) is 2.36. The number of piperidine rings is 2. The normalized spacial score (nSPS) is 17.3. The third kappa shape index (κ3) is 10.5. The molecule has 42 heavy (non-hydrogen) atoms. The van der Waals surface area contributed by atoms with E-state index in [4.69, 9.17) is 23.2 Å². The van der Waals surface area contributed by atoms with Crippen molar-refractivity contribution in [1.82, 2.24) is 20.0 Å². The van der Waals surface area contributed by atoms with Crippen LogP contribution in [0.1, 0.15) is 89.8 Å². The fourth-order valence-corrected chi connectivity index (χ4v) is 6.05. The van der Waals surface area contributed by atoms with Gasteiger partial charge in [0.1, 0.15) is 5.82 Å². The lowest BCUT2D eigenvalue weighted by molar-refractivity contribution is 0.212. The van der Waals surface area contributed by atoms with E-state index in [1.54, 1.807) is 6.07 Å². The van der Waals surface area contributed by atoms with Crippen LogP contribution in [0.25, 0.3) is 5.57 Å². The molecule has 2 aliphatic heterocycles. The topological polar surface area (TPSA) is 33.1 Å². The number of allylic oxidation sites excluding steroid dienone is 6. The van der Waals surface area contributed by atoms with Crippen molar-refractivity contribution >= 4 is 28.8 Å². The Morgan fingerprint density at radius 1 is 1.12 bits per heavy atom. The number of hydrogen-bond acceptors (Lipinski definition) is 3. The van der Waals surface area contributed by atoms with Crippen LogP contribution in [0.15, 0.2) is 67.1 Å². The zero-order valence-electron chi connectivity index (χ0n) is 26.5. The van der Waals surface area contributed by atoms with E-state index in [2.05, 4.69) is 72.4 Å². The molecule has 0 bridgehead atoms. The average Bonchev–Trinajstić information content (AvgIpc) is 3.49. The first kappa shape index (κ1) is 36.0. The Hall–Kier alpha value is -2.18. The molecule has 2 aromatic rings. The van der Waals surface area contributed by atoms with E-state index in [9.17, 15) is 4.39 Å². The van der Waals surface area contributed by atoms with Crippen molar-refractivity contribution in [2.24, 2.45) is 5.92 Å². The summed E-state index contributed by atoms with van der Waals surface area (Å²) in [5.41, 5.74) is 5.05. The zero-order valence-corrected chi connectivity index (χ0v) is 28.0. The Kier molecular flexibility index (Phi) is 15.8. The number of hydrogen-bond donors (Lipinski definition) is 1. The molecule has 2 aliphatic rings. The molecule has 2 fully saturated rings. The molecule has 2 saturated heterocycles. The van der Waals surface area contributed by atoms with Gasteiger partial charge >= 0.3 is 0 Å². The Balaban J connectivity index is 0.000000525. The van der Waals surface area contributed by atoms with Crippen molar-refractivity contribution in [3.8, 4) is 0 Å². The van der Waals surface area contributed by atoms with Crippen LogP contribution in [0.4, 0.5) is 4.39 Å². The van der Waals surface area contributed by atoms with Crippen LogP contribution < -0.4 is 5.32 Å². The molecule has 0 spiro atoms. The predicted octanol–water partition coefficient (Wildman–Crippen LogP) is 9.89. The Morgan fingerprint density at radius 2 is 1.76 bits per heavy atom. The Labute approximate surface area is 264 Å². The summed E-state index contributed by atoms with van der Waals surface area (Å²) < 4.78 is 16.1. The third-order valence-corrected chi connectivity index (χ3v) is 8.72. The molecule has 7 heteroatoms. The summed E-state index contributed by atoms with van der Waals surface area (Å²) in [5.74, 6) is 0.302. The fraction of sp³-hybridized carbons (Fsp3) is 0.514. The highest BCUT2D eigenvalue weighted by atomic mass is 35.5. The summed E-state index contributed by atoms with van der Waals surface area (Å²) in [6.07, 6.45) is 15.6. The molecule has 232 valence electrons. The maximum absolute atomic E-state index is 14.0. The first-order valence-corrected chi connectivity index (χ1v) is 16.1. The van der Waals surface area contributed by atoms with Crippen LogP contribution in [0.3, 0.4) is 0 Å². The van der Waals surface area contributed by atoms with Crippen molar-refractivity contribution in [2.75, 3.05) is 33.2 Å². The summed E-state index contributed by atoms with van der Waals surface area (Å²) in [7, 11) is 2.16. The quantitative estimate of drug-likeness (QED) is 0.182. The number of rotatable bonds is 8. The van der Waals surface area contributed by atoms with Crippen LogP contribution in [0, 0.1) is 11.7 Å². The lowest BCUT2D eigenvalue weighted by Crippen LogP contribution is -2.31. The summed E-state index contributed by atoms with van der Waals surface area (Å²) in [6, 6.07) is 3.31. The molecule has 1 aromatic heterocycles. The van der Waals surface area contributed by atoms with Crippen LogP contribution in [0.5, 0.6) is 0 Å².